The van der Waals surface area contributed by atoms with Crippen molar-refractivity contribution in [3.05, 3.63) is 66.0 Å². The van der Waals surface area contributed by atoms with Crippen LogP contribution < -0.4 is 10.1 Å². The molecule has 0 saturated heterocycles. The van der Waals surface area contributed by atoms with Crippen LogP contribution in [0.1, 0.15) is 5.56 Å². The second-order valence-electron chi connectivity index (χ2n) is 5.97. The molecule has 2 aromatic carbocycles. The van der Waals surface area contributed by atoms with Crippen LogP contribution in [0.5, 0.6) is 0 Å². The molecule has 0 fully saturated rings. The molecule has 0 aromatic heterocycles. The highest BCUT2D eigenvalue weighted by molar-refractivity contribution is 7.89. The molecule has 1 unspecified atom stereocenters. The van der Waals surface area contributed by atoms with Gasteiger partial charge in [0.25, 0.3) is 0 Å². The summed E-state index contributed by atoms with van der Waals surface area (Å²) in [5.74, 6) is -0.512. The van der Waals surface area contributed by atoms with Crippen molar-refractivity contribution < 1.29 is 26.0 Å². The first kappa shape index (κ1) is 19.3. The van der Waals surface area contributed by atoms with Crippen molar-refractivity contribution in [3.8, 4) is 0 Å². The van der Waals surface area contributed by atoms with Crippen LogP contribution in [0, 0.1) is 5.82 Å². The van der Waals surface area contributed by atoms with Crippen molar-refractivity contribution in [1.82, 2.24) is 5.01 Å². The molecule has 0 saturated carbocycles. The van der Waals surface area contributed by atoms with Crippen LogP contribution in [-0.4, -0.2) is 32.7 Å². The first-order valence-corrected chi connectivity index (χ1v) is 9.23. The predicted octanol–water partition coefficient (Wildman–Crippen LogP) is 3.11. The maximum absolute atomic E-state index is 13.4. The Hall–Kier alpha value is -2.43. The first-order chi connectivity index (χ1) is 12.5. The summed E-state index contributed by atoms with van der Waals surface area (Å²) in [4.78, 5) is -0.159. The molecule has 0 aliphatic carbocycles. The van der Waals surface area contributed by atoms with Gasteiger partial charge < -0.3 is 0 Å². The lowest BCUT2D eigenvalue weighted by Gasteiger charge is -2.33. The van der Waals surface area contributed by atoms with Crippen molar-refractivity contribution in [2.45, 2.75) is 17.1 Å². The third-order valence-corrected chi connectivity index (χ3v) is 5.08. The Morgan fingerprint density at radius 2 is 1.56 bits per heavy atom. The standard InChI is InChI=1S/C17H15F4N3O2S/c1-23-16(17(19,20)21)10-15(11-2-4-12(18)5-3-11)24(23)13-6-8-14(9-7-13)27(22,25)26/h2-10,16H,1H3,(H2,22,25,26). The number of alkyl halides is 3. The molecule has 2 aromatic rings. The van der Waals surface area contributed by atoms with Crippen LogP contribution >= 0.6 is 0 Å². The molecule has 5 nitrogen and oxygen atoms in total. The van der Waals surface area contributed by atoms with E-state index in [2.05, 4.69) is 0 Å². The number of hydrogen-bond acceptors (Lipinski definition) is 4. The average Bonchev–Trinajstić information content (AvgIpc) is 2.92. The number of rotatable bonds is 3. The summed E-state index contributed by atoms with van der Waals surface area (Å²) in [6, 6.07) is 8.29. The quantitative estimate of drug-likeness (QED) is 0.803. The van der Waals surface area contributed by atoms with E-state index >= 15 is 0 Å². The Morgan fingerprint density at radius 1 is 1.00 bits per heavy atom. The highest BCUT2D eigenvalue weighted by atomic mass is 32.2. The average molecular weight is 401 g/mol. The highest BCUT2D eigenvalue weighted by Gasteiger charge is 2.47. The number of hydrogen-bond donors (Lipinski definition) is 1. The molecule has 144 valence electrons. The van der Waals surface area contributed by atoms with Crippen LogP contribution in [-0.2, 0) is 10.0 Å². The van der Waals surface area contributed by atoms with Gasteiger partial charge in [0.1, 0.15) is 11.9 Å². The third kappa shape index (κ3) is 3.82. The van der Waals surface area contributed by atoms with E-state index in [1.165, 1.54) is 48.5 Å². The molecule has 27 heavy (non-hydrogen) atoms. The van der Waals surface area contributed by atoms with E-state index in [-0.39, 0.29) is 10.6 Å². The monoisotopic (exact) mass is 401 g/mol. The van der Waals surface area contributed by atoms with Gasteiger partial charge in [-0.3, -0.25) is 5.01 Å². The Balaban J connectivity index is 2.08. The second-order valence-corrected chi connectivity index (χ2v) is 7.53. The van der Waals surface area contributed by atoms with Crippen molar-refractivity contribution in [2.24, 2.45) is 5.14 Å². The van der Waals surface area contributed by atoms with E-state index < -0.39 is 28.1 Å². The first-order valence-electron chi connectivity index (χ1n) is 7.69. The normalized spacial score (nSPS) is 18.7. The van der Waals surface area contributed by atoms with Crippen molar-refractivity contribution in [3.63, 3.8) is 0 Å². The number of anilines is 1. The molecule has 10 heteroatoms. The lowest BCUT2D eigenvalue weighted by atomic mass is 10.1. The number of hydrazine groups is 1. The SMILES string of the molecule is CN1C(C(F)(F)F)C=C(c2ccc(F)cc2)N1c1ccc(S(N)(=O)=O)cc1. The van der Waals surface area contributed by atoms with Gasteiger partial charge in [-0.25, -0.2) is 23.0 Å². The number of likely N-dealkylation sites (N-methyl/N-ethyl adjacent to an activating group) is 1. The maximum Gasteiger partial charge on any atom is 0.409 e. The summed E-state index contributed by atoms with van der Waals surface area (Å²) < 4.78 is 76.2. The van der Waals surface area contributed by atoms with E-state index in [9.17, 15) is 26.0 Å². The number of nitrogens with two attached hydrogens (primary N) is 1. The summed E-state index contributed by atoms with van der Waals surface area (Å²) in [6.07, 6.45) is -3.50. The van der Waals surface area contributed by atoms with Gasteiger partial charge in [0.15, 0.2) is 0 Å². The fourth-order valence-electron chi connectivity index (χ4n) is 2.87. The third-order valence-electron chi connectivity index (χ3n) is 4.15. The van der Waals surface area contributed by atoms with Gasteiger partial charge in [-0.2, -0.15) is 13.2 Å². The van der Waals surface area contributed by atoms with Crippen molar-refractivity contribution in [2.75, 3.05) is 12.1 Å². The zero-order valence-corrected chi connectivity index (χ0v) is 14.8. The number of sulfonamides is 1. The molecule has 0 amide bonds. The zero-order valence-electron chi connectivity index (χ0n) is 14.0. The summed E-state index contributed by atoms with van der Waals surface area (Å²) in [6.45, 7) is 0. The minimum Gasteiger partial charge on any atom is -0.273 e. The van der Waals surface area contributed by atoms with Crippen LogP contribution in [0.15, 0.2) is 59.5 Å². The van der Waals surface area contributed by atoms with Gasteiger partial charge in [-0.1, -0.05) is 0 Å². The topological polar surface area (TPSA) is 66.6 Å². The van der Waals surface area contributed by atoms with Crippen LogP contribution in [0.25, 0.3) is 5.70 Å². The number of primary sulfonamides is 1. The van der Waals surface area contributed by atoms with Crippen LogP contribution in [0.4, 0.5) is 23.2 Å². The lowest BCUT2D eigenvalue weighted by Crippen LogP contribution is -2.46. The van der Waals surface area contributed by atoms with Crippen LogP contribution in [0.3, 0.4) is 0 Å². The van der Waals surface area contributed by atoms with E-state index in [0.29, 0.717) is 11.3 Å². The molecule has 1 atom stereocenters. The van der Waals surface area contributed by atoms with E-state index in [1.807, 2.05) is 0 Å². The van der Waals surface area contributed by atoms with E-state index in [0.717, 1.165) is 23.2 Å². The van der Waals surface area contributed by atoms with Gasteiger partial charge in [0.2, 0.25) is 10.0 Å². The molecule has 0 radical (unpaired) electrons. The molecule has 0 spiro atoms. The Labute approximate surface area is 153 Å². The Kier molecular flexibility index (Phi) is 4.74. The molecule has 3 rings (SSSR count). The van der Waals surface area contributed by atoms with Gasteiger partial charge in [0.05, 0.1) is 16.3 Å². The van der Waals surface area contributed by atoms with Gasteiger partial charge in [-0.15, -0.1) is 0 Å². The fraction of sp³-hybridized carbons (Fsp3) is 0.176. The fourth-order valence-corrected chi connectivity index (χ4v) is 3.38. The van der Waals surface area contributed by atoms with Crippen LogP contribution in [0.2, 0.25) is 0 Å². The Morgan fingerprint density at radius 3 is 2.04 bits per heavy atom. The van der Waals surface area contributed by atoms with Crippen molar-refractivity contribution >= 4 is 21.4 Å². The Bertz CT molecular complexity index is 971. The lowest BCUT2D eigenvalue weighted by molar-refractivity contribution is -0.164. The minimum absolute atomic E-state index is 0.159. The molecule has 1 aliphatic heterocycles. The largest absolute Gasteiger partial charge is 0.409 e. The number of nitrogens with zero attached hydrogens (tertiary/aromatic N) is 2. The van der Waals surface area contributed by atoms with E-state index in [4.69, 9.17) is 5.14 Å². The summed E-state index contributed by atoms with van der Waals surface area (Å²) >= 11 is 0. The van der Waals surface area contributed by atoms with E-state index in [1.54, 1.807) is 0 Å². The summed E-state index contributed by atoms with van der Waals surface area (Å²) in [5.41, 5.74) is 0.876. The summed E-state index contributed by atoms with van der Waals surface area (Å²) in [5, 5.41) is 7.32. The van der Waals surface area contributed by atoms with Gasteiger partial charge in [0, 0.05) is 7.05 Å². The number of benzene rings is 2. The molecular formula is C17H15F4N3O2S. The zero-order chi connectivity index (χ0) is 20.0. The molecule has 1 heterocycles. The maximum atomic E-state index is 13.4. The molecule has 0 bridgehead atoms. The molecule has 1 aliphatic rings. The predicted molar refractivity (Wildman–Crippen MR) is 92.3 cm³/mol. The number of halogens is 4. The summed E-state index contributed by atoms with van der Waals surface area (Å²) in [7, 11) is -2.67. The molecule has 2 N–H and O–H groups in total. The van der Waals surface area contributed by atoms with Crippen molar-refractivity contribution in [1.29, 1.82) is 0 Å². The van der Waals surface area contributed by atoms with Gasteiger partial charge in [-0.05, 0) is 60.2 Å². The second kappa shape index (κ2) is 6.63. The molecular weight excluding hydrogens is 386 g/mol. The van der Waals surface area contributed by atoms with Gasteiger partial charge >= 0.3 is 6.18 Å². The minimum atomic E-state index is -4.53. The highest BCUT2D eigenvalue weighted by Crippen LogP contribution is 2.39. The smallest absolute Gasteiger partial charge is 0.273 e.